The second-order valence-electron chi connectivity index (χ2n) is 10.1. The van der Waals surface area contributed by atoms with E-state index in [4.69, 9.17) is 24.4 Å². The second-order valence-corrected chi connectivity index (χ2v) is 10.1. The molecule has 1 saturated heterocycles. The average molecular weight is 553 g/mol. The molecule has 1 N–H and O–H groups in total. The summed E-state index contributed by atoms with van der Waals surface area (Å²) in [5.41, 5.74) is 7.47. The smallest absolute Gasteiger partial charge is 0.328 e. The fraction of sp³-hybridized carbons (Fsp3) is 0.294. The number of methoxy groups -OCH3 is 1. The number of hydrogen-bond donors (Lipinski definition) is 1. The summed E-state index contributed by atoms with van der Waals surface area (Å²) >= 11 is 0. The Morgan fingerprint density at radius 3 is 2.46 bits per heavy atom. The molecule has 0 saturated carbocycles. The predicted molar refractivity (Wildman–Crippen MR) is 162 cm³/mol. The lowest BCUT2D eigenvalue weighted by molar-refractivity contribution is -0.131. The van der Waals surface area contributed by atoms with Gasteiger partial charge in [-0.05, 0) is 89.4 Å². The van der Waals surface area contributed by atoms with Crippen molar-refractivity contribution in [2.75, 3.05) is 26.9 Å². The Morgan fingerprint density at radius 2 is 1.78 bits per heavy atom. The van der Waals surface area contributed by atoms with Gasteiger partial charge in [-0.15, -0.1) is 0 Å². The highest BCUT2D eigenvalue weighted by Gasteiger charge is 2.20. The molecular formula is C34H36N2O5. The summed E-state index contributed by atoms with van der Waals surface area (Å²) < 4.78 is 18.9. The van der Waals surface area contributed by atoms with Crippen molar-refractivity contribution < 1.29 is 24.1 Å². The van der Waals surface area contributed by atoms with Crippen LogP contribution >= 0.6 is 0 Å². The van der Waals surface area contributed by atoms with Crippen LogP contribution in [0, 0.1) is 0 Å². The molecular weight excluding hydrogens is 516 g/mol. The van der Waals surface area contributed by atoms with Crippen LogP contribution in [0.5, 0.6) is 5.75 Å². The number of allylic oxidation sites excluding steroid dienone is 1. The number of ether oxygens (including phenoxy) is 3. The molecule has 1 unspecified atom stereocenters. The van der Waals surface area contributed by atoms with E-state index in [2.05, 4.69) is 49.4 Å². The third kappa shape index (κ3) is 6.76. The highest BCUT2D eigenvalue weighted by atomic mass is 16.5. The van der Waals surface area contributed by atoms with Crippen molar-refractivity contribution in [2.24, 2.45) is 0 Å². The number of rotatable bonds is 11. The third-order valence-electron chi connectivity index (χ3n) is 7.34. The maximum atomic E-state index is 11.0. The van der Waals surface area contributed by atoms with E-state index < -0.39 is 5.97 Å². The molecule has 2 heterocycles. The van der Waals surface area contributed by atoms with Crippen molar-refractivity contribution in [1.29, 1.82) is 0 Å². The molecule has 0 radical (unpaired) electrons. The number of aliphatic carboxylic acids is 1. The highest BCUT2D eigenvalue weighted by molar-refractivity contribution is 6.00. The van der Waals surface area contributed by atoms with Crippen LogP contribution in [0.15, 0.2) is 79.0 Å². The number of benzene rings is 3. The van der Waals surface area contributed by atoms with Crippen molar-refractivity contribution in [1.82, 2.24) is 9.78 Å². The van der Waals surface area contributed by atoms with Crippen LogP contribution in [-0.4, -0.2) is 47.8 Å². The van der Waals surface area contributed by atoms with E-state index >= 15 is 0 Å². The number of nitrogens with zero attached hydrogens (tertiary/aromatic N) is 2. The second kappa shape index (κ2) is 13.4. The molecule has 1 aliphatic rings. The fourth-order valence-electron chi connectivity index (χ4n) is 5.32. The van der Waals surface area contributed by atoms with Crippen molar-refractivity contribution in [3.8, 4) is 5.75 Å². The van der Waals surface area contributed by atoms with Crippen LogP contribution in [0.4, 0.5) is 0 Å². The zero-order valence-corrected chi connectivity index (χ0v) is 23.6. The zero-order chi connectivity index (χ0) is 28.6. The number of carbonyl (C=O) groups is 1. The van der Waals surface area contributed by atoms with Crippen molar-refractivity contribution in [2.45, 2.75) is 38.8 Å². The van der Waals surface area contributed by atoms with Gasteiger partial charge in [0, 0.05) is 25.2 Å². The largest absolute Gasteiger partial charge is 0.491 e. The molecule has 1 aromatic heterocycles. The lowest BCUT2D eigenvalue weighted by Gasteiger charge is -2.23. The average Bonchev–Trinajstić information content (AvgIpc) is 3.43. The van der Waals surface area contributed by atoms with E-state index in [1.54, 1.807) is 13.2 Å². The molecule has 0 spiro atoms. The number of fused-ring (bicyclic) bond motifs is 1. The molecule has 5 rings (SSSR count). The Labute approximate surface area is 240 Å². The summed E-state index contributed by atoms with van der Waals surface area (Å²) in [4.78, 5) is 11.0. The van der Waals surface area contributed by atoms with E-state index in [0.29, 0.717) is 13.2 Å². The zero-order valence-electron chi connectivity index (χ0n) is 23.6. The van der Waals surface area contributed by atoms with Gasteiger partial charge in [-0.1, -0.05) is 49.4 Å². The van der Waals surface area contributed by atoms with Gasteiger partial charge in [0.1, 0.15) is 12.4 Å². The third-order valence-corrected chi connectivity index (χ3v) is 7.34. The van der Waals surface area contributed by atoms with Crippen LogP contribution in [0.1, 0.15) is 61.1 Å². The lowest BCUT2D eigenvalue weighted by atomic mass is 9.87. The first-order valence-corrected chi connectivity index (χ1v) is 14.1. The molecule has 41 heavy (non-hydrogen) atoms. The Balaban J connectivity index is 1.57. The quantitative estimate of drug-likeness (QED) is 0.120. The summed E-state index contributed by atoms with van der Waals surface area (Å²) in [5.74, 6) is -0.166. The normalized spacial score (nSPS) is 16.2. The lowest BCUT2D eigenvalue weighted by Crippen LogP contribution is -2.18. The molecule has 0 amide bonds. The standard InChI is InChI=1S/C34H36N2O5/c1-3-30(25-12-15-29(16-13-25)40-21-20-39-2)34(26-10-7-24(8-11-26)9-18-33(37)38)27-14-17-31-28(22-27)23-35-36(31)32-6-4-5-19-41-32/h7-18,22-23,32H,3-6,19-21H2,1-2H3,(H,37,38)/b18-9?,34-30-. The topological polar surface area (TPSA) is 82.8 Å². The predicted octanol–water partition coefficient (Wildman–Crippen LogP) is 7.23. The van der Waals surface area contributed by atoms with E-state index in [0.717, 1.165) is 82.8 Å². The number of hydrogen-bond acceptors (Lipinski definition) is 5. The SMILES string of the molecule is CC/C(=C(\c1ccc(C=CC(=O)O)cc1)c1ccc2c(cnn2C2CCCCO2)c1)c1ccc(OCCOC)cc1. The summed E-state index contributed by atoms with van der Waals surface area (Å²) in [6.07, 6.45) is 8.68. The highest BCUT2D eigenvalue weighted by Crippen LogP contribution is 2.37. The molecule has 0 aliphatic carbocycles. The molecule has 7 heteroatoms. The van der Waals surface area contributed by atoms with Crippen LogP contribution in [-0.2, 0) is 14.3 Å². The molecule has 4 aromatic rings. The minimum absolute atomic E-state index is 0.0238. The maximum absolute atomic E-state index is 11.0. The number of carboxylic acids is 1. The summed E-state index contributed by atoms with van der Waals surface area (Å²) in [6.45, 7) is 3.97. The van der Waals surface area contributed by atoms with Crippen LogP contribution in [0.3, 0.4) is 0 Å². The van der Waals surface area contributed by atoms with E-state index in [-0.39, 0.29) is 6.23 Å². The van der Waals surface area contributed by atoms with Crippen molar-refractivity contribution in [3.05, 3.63) is 101 Å². The first kappa shape index (κ1) is 28.3. The summed E-state index contributed by atoms with van der Waals surface area (Å²) in [6, 6.07) is 22.7. The molecule has 0 bridgehead atoms. The van der Waals surface area contributed by atoms with Gasteiger partial charge in [0.05, 0.1) is 18.3 Å². The summed E-state index contributed by atoms with van der Waals surface area (Å²) in [7, 11) is 1.66. The minimum Gasteiger partial charge on any atom is -0.491 e. The van der Waals surface area contributed by atoms with Gasteiger partial charge in [-0.3, -0.25) is 0 Å². The molecule has 7 nitrogen and oxygen atoms in total. The van der Waals surface area contributed by atoms with Gasteiger partial charge in [0.15, 0.2) is 6.23 Å². The number of carboxylic acid groups (broad SMARTS) is 1. The van der Waals surface area contributed by atoms with E-state index in [9.17, 15) is 4.79 Å². The summed E-state index contributed by atoms with van der Waals surface area (Å²) in [5, 5.41) is 14.8. The first-order valence-electron chi connectivity index (χ1n) is 14.1. The van der Waals surface area contributed by atoms with Gasteiger partial charge in [-0.25, -0.2) is 9.48 Å². The first-order chi connectivity index (χ1) is 20.1. The molecule has 1 atom stereocenters. The maximum Gasteiger partial charge on any atom is 0.328 e. The Morgan fingerprint density at radius 1 is 1.02 bits per heavy atom. The van der Waals surface area contributed by atoms with Gasteiger partial charge in [-0.2, -0.15) is 5.10 Å². The van der Waals surface area contributed by atoms with Gasteiger partial charge in [0.25, 0.3) is 0 Å². The van der Waals surface area contributed by atoms with Crippen molar-refractivity contribution in [3.63, 3.8) is 0 Å². The Kier molecular flexibility index (Phi) is 9.29. The monoisotopic (exact) mass is 552 g/mol. The Hall–Kier alpha value is -4.20. The molecule has 212 valence electrons. The van der Waals surface area contributed by atoms with E-state index in [1.165, 1.54) is 5.57 Å². The number of aromatic nitrogens is 2. The van der Waals surface area contributed by atoms with Gasteiger partial charge >= 0.3 is 5.97 Å². The van der Waals surface area contributed by atoms with Crippen LogP contribution in [0.2, 0.25) is 0 Å². The molecule has 1 aliphatic heterocycles. The Bertz CT molecular complexity index is 1530. The van der Waals surface area contributed by atoms with Crippen molar-refractivity contribution >= 4 is 34.1 Å². The molecule has 3 aromatic carbocycles. The van der Waals surface area contributed by atoms with E-state index in [1.807, 2.05) is 35.1 Å². The fourth-order valence-corrected chi connectivity index (χ4v) is 5.32. The molecule has 1 fully saturated rings. The minimum atomic E-state index is -0.968. The van der Waals surface area contributed by atoms with Crippen LogP contribution in [0.25, 0.3) is 28.1 Å². The van der Waals surface area contributed by atoms with Crippen LogP contribution < -0.4 is 4.74 Å². The van der Waals surface area contributed by atoms with Gasteiger partial charge < -0.3 is 19.3 Å². The van der Waals surface area contributed by atoms with Gasteiger partial charge in [0.2, 0.25) is 0 Å².